The molecular formula is C32H37N3O4. The largest absolute Gasteiger partial charge is 0.359 e. The molecule has 6 rings (SSSR count). The summed E-state index contributed by atoms with van der Waals surface area (Å²) < 4.78 is 6.48. The molecule has 5 atom stereocenters. The summed E-state index contributed by atoms with van der Waals surface area (Å²) in [6.07, 6.45) is 9.12. The Kier molecular flexibility index (Phi) is 6.79. The summed E-state index contributed by atoms with van der Waals surface area (Å²) in [5, 5.41) is 6.27. The highest BCUT2D eigenvalue weighted by Crippen LogP contribution is 2.55. The van der Waals surface area contributed by atoms with Crippen molar-refractivity contribution < 1.29 is 19.1 Å². The highest BCUT2D eigenvalue weighted by atomic mass is 16.5. The predicted octanol–water partition coefficient (Wildman–Crippen LogP) is 4.08. The quantitative estimate of drug-likeness (QED) is 0.531. The molecule has 5 unspecified atom stereocenters. The van der Waals surface area contributed by atoms with Crippen LogP contribution in [0.3, 0.4) is 0 Å². The van der Waals surface area contributed by atoms with E-state index in [2.05, 4.69) is 10.6 Å². The zero-order valence-electron chi connectivity index (χ0n) is 22.7. The Morgan fingerprint density at radius 1 is 1.00 bits per heavy atom. The van der Waals surface area contributed by atoms with Gasteiger partial charge in [-0.25, -0.2) is 0 Å². The molecule has 1 aliphatic carbocycles. The van der Waals surface area contributed by atoms with E-state index < -0.39 is 29.6 Å². The lowest BCUT2D eigenvalue weighted by atomic mass is 9.74. The molecule has 3 heterocycles. The molecule has 1 saturated carbocycles. The van der Waals surface area contributed by atoms with Crippen LogP contribution in [0.2, 0.25) is 0 Å². The number of likely N-dealkylation sites (tertiary alicyclic amines) is 1. The fraction of sp³-hybridized carbons (Fsp3) is 0.469. The fourth-order valence-corrected chi connectivity index (χ4v) is 6.97. The summed E-state index contributed by atoms with van der Waals surface area (Å²) in [6.45, 7) is 4.42. The summed E-state index contributed by atoms with van der Waals surface area (Å²) in [6, 6.07) is 15.1. The molecule has 4 aliphatic rings. The van der Waals surface area contributed by atoms with Gasteiger partial charge in [-0.05, 0) is 61.9 Å². The molecule has 204 valence electrons. The van der Waals surface area contributed by atoms with E-state index in [9.17, 15) is 14.4 Å². The van der Waals surface area contributed by atoms with Crippen LogP contribution in [-0.4, -0.2) is 53.0 Å². The van der Waals surface area contributed by atoms with E-state index in [-0.39, 0.29) is 23.8 Å². The van der Waals surface area contributed by atoms with Crippen LogP contribution in [0.25, 0.3) is 0 Å². The van der Waals surface area contributed by atoms with Crippen LogP contribution in [-0.2, 0) is 25.5 Å². The van der Waals surface area contributed by atoms with E-state index >= 15 is 0 Å². The van der Waals surface area contributed by atoms with Gasteiger partial charge in [-0.1, -0.05) is 67.8 Å². The van der Waals surface area contributed by atoms with E-state index in [0.717, 1.165) is 42.4 Å². The van der Waals surface area contributed by atoms with Gasteiger partial charge in [-0.15, -0.1) is 0 Å². The molecule has 2 saturated heterocycles. The van der Waals surface area contributed by atoms with Gasteiger partial charge in [0.2, 0.25) is 17.7 Å². The third kappa shape index (κ3) is 4.56. The van der Waals surface area contributed by atoms with Gasteiger partial charge in [0.25, 0.3) is 0 Å². The molecule has 3 amide bonds. The minimum absolute atomic E-state index is 0.110. The van der Waals surface area contributed by atoms with E-state index in [1.54, 1.807) is 4.90 Å². The predicted molar refractivity (Wildman–Crippen MR) is 149 cm³/mol. The zero-order chi connectivity index (χ0) is 27.1. The van der Waals surface area contributed by atoms with Gasteiger partial charge in [0.15, 0.2) is 0 Å². The lowest BCUT2D eigenvalue weighted by molar-refractivity contribution is -0.141. The topological polar surface area (TPSA) is 87.7 Å². The van der Waals surface area contributed by atoms with Crippen LogP contribution in [0.1, 0.15) is 48.8 Å². The molecule has 3 aliphatic heterocycles. The normalized spacial score (nSPS) is 29.5. The molecule has 7 heteroatoms. The van der Waals surface area contributed by atoms with Crippen molar-refractivity contribution in [3.05, 3.63) is 77.4 Å². The highest BCUT2D eigenvalue weighted by Gasteiger charge is 2.72. The standard InChI is InChI=1S/C32H37N3O4/c1-20-13-14-24(19-21(20)2)34-29(36)26-25-15-17-32(39-25)27(26)31(38)35(18-16-22-9-5-3-6-10-22)28(32)30(37)33-23-11-7-4-8-12-23/h3,5-6,9-10,13-15,17,19,23,25-28H,4,7-8,11-12,16,18H2,1-2H3,(H,33,37)(H,34,36). The molecule has 0 aromatic heterocycles. The number of anilines is 1. The first kappa shape index (κ1) is 25.8. The van der Waals surface area contributed by atoms with E-state index in [0.29, 0.717) is 18.7 Å². The second kappa shape index (κ2) is 10.3. The molecule has 0 radical (unpaired) electrons. The number of benzene rings is 2. The number of carbonyl (C=O) groups excluding carboxylic acids is 3. The summed E-state index contributed by atoms with van der Waals surface area (Å²) in [5.74, 6) is -2.04. The molecule has 2 aromatic rings. The second-order valence-corrected chi connectivity index (χ2v) is 11.6. The van der Waals surface area contributed by atoms with Crippen molar-refractivity contribution in [3.63, 3.8) is 0 Å². The summed E-state index contributed by atoms with van der Waals surface area (Å²) >= 11 is 0. The molecule has 1 spiro atoms. The molecule has 2 N–H and O–H groups in total. The van der Waals surface area contributed by atoms with Gasteiger partial charge in [0.05, 0.1) is 17.9 Å². The van der Waals surface area contributed by atoms with Crippen molar-refractivity contribution in [1.29, 1.82) is 0 Å². The Hall–Kier alpha value is -3.45. The fourth-order valence-electron chi connectivity index (χ4n) is 6.97. The number of nitrogens with zero attached hydrogens (tertiary/aromatic N) is 1. The smallest absolute Gasteiger partial charge is 0.246 e. The first-order valence-electron chi connectivity index (χ1n) is 14.3. The van der Waals surface area contributed by atoms with Crippen molar-refractivity contribution in [2.75, 3.05) is 11.9 Å². The minimum Gasteiger partial charge on any atom is -0.359 e. The average molecular weight is 528 g/mol. The van der Waals surface area contributed by atoms with E-state index in [1.165, 1.54) is 6.42 Å². The van der Waals surface area contributed by atoms with E-state index in [1.807, 2.05) is 74.5 Å². The summed E-state index contributed by atoms with van der Waals surface area (Å²) in [5.41, 5.74) is 2.88. The van der Waals surface area contributed by atoms with Crippen molar-refractivity contribution in [1.82, 2.24) is 10.2 Å². The number of hydrogen-bond donors (Lipinski definition) is 2. The number of amides is 3. The monoisotopic (exact) mass is 527 g/mol. The van der Waals surface area contributed by atoms with Crippen LogP contribution in [0.5, 0.6) is 0 Å². The number of rotatable bonds is 7. The summed E-state index contributed by atoms with van der Waals surface area (Å²) in [4.78, 5) is 43.4. The van der Waals surface area contributed by atoms with Crippen LogP contribution in [0, 0.1) is 25.7 Å². The average Bonchev–Trinajstić information content (AvgIpc) is 3.58. The Morgan fingerprint density at radius 3 is 2.51 bits per heavy atom. The maximum absolute atomic E-state index is 14.1. The SMILES string of the molecule is Cc1ccc(NC(=O)C2C3C=CC4(O3)C2C(=O)N(CCc2ccccc2)C4C(=O)NC2CCCCC2)cc1C. The van der Waals surface area contributed by atoms with Crippen molar-refractivity contribution >= 4 is 23.4 Å². The molecular weight excluding hydrogens is 490 g/mol. The Morgan fingerprint density at radius 2 is 1.77 bits per heavy atom. The van der Waals surface area contributed by atoms with Gasteiger partial charge < -0.3 is 20.3 Å². The number of fused-ring (bicyclic) bond motifs is 1. The number of carbonyl (C=O) groups is 3. The van der Waals surface area contributed by atoms with Crippen molar-refractivity contribution in [3.8, 4) is 0 Å². The highest BCUT2D eigenvalue weighted by molar-refractivity contribution is 6.02. The van der Waals surface area contributed by atoms with Gasteiger partial charge in [0.1, 0.15) is 11.6 Å². The number of ether oxygens (including phenoxy) is 1. The van der Waals surface area contributed by atoms with Gasteiger partial charge >= 0.3 is 0 Å². The summed E-state index contributed by atoms with van der Waals surface area (Å²) in [7, 11) is 0. The first-order chi connectivity index (χ1) is 18.9. The molecule has 3 fully saturated rings. The lowest BCUT2D eigenvalue weighted by Gasteiger charge is -2.34. The number of nitrogens with one attached hydrogen (secondary N) is 2. The number of hydrogen-bond acceptors (Lipinski definition) is 4. The first-order valence-corrected chi connectivity index (χ1v) is 14.3. The molecule has 2 bridgehead atoms. The second-order valence-electron chi connectivity index (χ2n) is 11.6. The molecule has 2 aromatic carbocycles. The maximum Gasteiger partial charge on any atom is 0.246 e. The van der Waals surface area contributed by atoms with Crippen LogP contribution < -0.4 is 10.6 Å². The Balaban J connectivity index is 1.29. The van der Waals surface area contributed by atoms with Crippen LogP contribution >= 0.6 is 0 Å². The minimum atomic E-state index is -1.14. The zero-order valence-corrected chi connectivity index (χ0v) is 22.7. The maximum atomic E-state index is 14.1. The lowest BCUT2D eigenvalue weighted by Crippen LogP contribution is -2.56. The van der Waals surface area contributed by atoms with E-state index in [4.69, 9.17) is 4.74 Å². The third-order valence-electron chi connectivity index (χ3n) is 9.14. The van der Waals surface area contributed by atoms with Crippen LogP contribution in [0.15, 0.2) is 60.7 Å². The third-order valence-corrected chi connectivity index (χ3v) is 9.14. The van der Waals surface area contributed by atoms with Gasteiger partial charge in [0, 0.05) is 18.3 Å². The van der Waals surface area contributed by atoms with Crippen molar-refractivity contribution in [2.24, 2.45) is 11.8 Å². The van der Waals surface area contributed by atoms with Gasteiger partial charge in [-0.2, -0.15) is 0 Å². The molecule has 39 heavy (non-hydrogen) atoms. The number of aryl methyl sites for hydroxylation is 2. The van der Waals surface area contributed by atoms with Crippen LogP contribution in [0.4, 0.5) is 5.69 Å². The molecule has 7 nitrogen and oxygen atoms in total. The van der Waals surface area contributed by atoms with Crippen molar-refractivity contribution in [2.45, 2.75) is 76.2 Å². The Labute approximate surface area is 230 Å². The Bertz CT molecular complexity index is 1300. The van der Waals surface area contributed by atoms with Gasteiger partial charge in [-0.3, -0.25) is 14.4 Å².